The molecule has 0 unspecified atom stereocenters. The number of nitrogens with zero attached hydrogens (tertiary/aromatic N) is 3. The van der Waals surface area contributed by atoms with Gasteiger partial charge in [-0.2, -0.15) is 5.10 Å². The zero-order valence-electron chi connectivity index (χ0n) is 12.2. The van der Waals surface area contributed by atoms with Crippen LogP contribution < -0.4 is 15.8 Å². The minimum absolute atomic E-state index is 0.0262. The molecular weight excluding hydrogens is 320 g/mol. The Hall–Kier alpha value is -0.880. The third kappa shape index (κ3) is 3.41. The van der Waals surface area contributed by atoms with E-state index in [1.807, 2.05) is 20.2 Å². The molecule has 1 aromatic rings. The van der Waals surface area contributed by atoms with Gasteiger partial charge in [-0.1, -0.05) is 6.92 Å². The van der Waals surface area contributed by atoms with Crippen molar-refractivity contribution in [3.05, 3.63) is 21.0 Å². The minimum atomic E-state index is -0.0262. The predicted octanol–water partition coefficient (Wildman–Crippen LogP) is 1.85. The van der Waals surface area contributed by atoms with Gasteiger partial charge < -0.3 is 10.2 Å². The Morgan fingerprint density at radius 3 is 2.75 bits per heavy atom. The molecule has 0 radical (unpaired) electrons. The van der Waals surface area contributed by atoms with Crippen LogP contribution in [0.4, 0.5) is 5.69 Å². The fourth-order valence-electron chi connectivity index (χ4n) is 2.71. The molecule has 1 saturated heterocycles. The summed E-state index contributed by atoms with van der Waals surface area (Å²) >= 11 is 3.46. The maximum atomic E-state index is 12.2. The molecule has 0 spiro atoms. The Morgan fingerprint density at radius 2 is 2.15 bits per heavy atom. The molecule has 2 rings (SSSR count). The number of anilines is 1. The van der Waals surface area contributed by atoms with Gasteiger partial charge in [0, 0.05) is 19.6 Å². The summed E-state index contributed by atoms with van der Waals surface area (Å²) in [6, 6.07) is 0. The zero-order chi connectivity index (χ0) is 14.5. The summed E-state index contributed by atoms with van der Waals surface area (Å²) in [5.41, 5.74) is 0.909. The van der Waals surface area contributed by atoms with Gasteiger partial charge in [0.2, 0.25) is 0 Å². The maximum absolute atomic E-state index is 12.2. The van der Waals surface area contributed by atoms with Crippen LogP contribution >= 0.6 is 15.9 Å². The van der Waals surface area contributed by atoms with Gasteiger partial charge in [-0.15, -0.1) is 0 Å². The summed E-state index contributed by atoms with van der Waals surface area (Å²) in [7, 11) is 2.00. The van der Waals surface area contributed by atoms with Gasteiger partial charge in [0.15, 0.2) is 0 Å². The van der Waals surface area contributed by atoms with E-state index < -0.39 is 0 Å². The third-order valence-electron chi connectivity index (χ3n) is 3.85. The molecule has 0 atom stereocenters. The lowest BCUT2D eigenvalue weighted by atomic mass is 9.96. The molecule has 5 nitrogen and oxygen atoms in total. The molecule has 1 fully saturated rings. The summed E-state index contributed by atoms with van der Waals surface area (Å²) in [6.45, 7) is 5.77. The lowest BCUT2D eigenvalue weighted by molar-refractivity contribution is 0.392. The molecule has 0 saturated carbocycles. The number of halogens is 1. The van der Waals surface area contributed by atoms with Gasteiger partial charge in [0.25, 0.3) is 5.56 Å². The van der Waals surface area contributed by atoms with Crippen molar-refractivity contribution in [1.29, 1.82) is 0 Å². The number of piperidine rings is 1. The van der Waals surface area contributed by atoms with Gasteiger partial charge in [-0.3, -0.25) is 4.79 Å². The lowest BCUT2D eigenvalue weighted by Crippen LogP contribution is -2.38. The summed E-state index contributed by atoms with van der Waals surface area (Å²) in [4.78, 5) is 14.5. The second-order valence-corrected chi connectivity index (χ2v) is 6.15. The molecule has 0 bridgehead atoms. The van der Waals surface area contributed by atoms with E-state index in [9.17, 15) is 4.79 Å². The zero-order valence-corrected chi connectivity index (χ0v) is 13.8. The highest BCUT2D eigenvalue weighted by Crippen LogP contribution is 2.26. The predicted molar refractivity (Wildman–Crippen MR) is 85.4 cm³/mol. The monoisotopic (exact) mass is 342 g/mol. The summed E-state index contributed by atoms with van der Waals surface area (Å²) in [5.74, 6) is 0.739. The second-order valence-electron chi connectivity index (χ2n) is 5.36. The summed E-state index contributed by atoms with van der Waals surface area (Å²) in [6.07, 6.45) is 5.05. The van der Waals surface area contributed by atoms with Crippen LogP contribution in [0.5, 0.6) is 0 Å². The molecular formula is C14H23BrN4O. The molecule has 1 aliphatic heterocycles. The molecule has 1 aliphatic rings. The van der Waals surface area contributed by atoms with Crippen molar-refractivity contribution in [2.75, 3.05) is 31.6 Å². The van der Waals surface area contributed by atoms with E-state index in [0.717, 1.165) is 50.5 Å². The van der Waals surface area contributed by atoms with Crippen LogP contribution in [0.2, 0.25) is 0 Å². The second kappa shape index (κ2) is 7.22. The first-order chi connectivity index (χ1) is 9.67. The van der Waals surface area contributed by atoms with E-state index in [0.29, 0.717) is 11.0 Å². The van der Waals surface area contributed by atoms with Crippen molar-refractivity contribution >= 4 is 21.6 Å². The Bertz CT molecular complexity index is 494. The molecule has 0 aliphatic carbocycles. The average molecular weight is 343 g/mol. The van der Waals surface area contributed by atoms with Gasteiger partial charge >= 0.3 is 0 Å². The van der Waals surface area contributed by atoms with Crippen molar-refractivity contribution in [2.24, 2.45) is 5.92 Å². The quantitative estimate of drug-likeness (QED) is 0.887. The fourth-order valence-corrected chi connectivity index (χ4v) is 3.27. The highest BCUT2D eigenvalue weighted by molar-refractivity contribution is 9.10. The molecule has 0 aromatic carbocycles. The lowest BCUT2D eigenvalue weighted by Gasteiger charge is -2.33. The Labute approximate surface area is 128 Å². The van der Waals surface area contributed by atoms with Crippen molar-refractivity contribution in [3.8, 4) is 0 Å². The average Bonchev–Trinajstić information content (AvgIpc) is 2.46. The first kappa shape index (κ1) is 15.5. The van der Waals surface area contributed by atoms with E-state index in [1.54, 1.807) is 0 Å². The van der Waals surface area contributed by atoms with E-state index in [4.69, 9.17) is 0 Å². The molecule has 2 heterocycles. The standard InChI is InChI=1S/C14H23BrN4O/c1-3-6-19-14(20)13(15)12(10-17-19)18-7-4-11(5-8-18)9-16-2/h10-11,16H,3-9H2,1-2H3. The number of aryl methyl sites for hydroxylation is 1. The van der Waals surface area contributed by atoms with Crippen LogP contribution in [-0.4, -0.2) is 36.5 Å². The van der Waals surface area contributed by atoms with Crippen LogP contribution in [0.15, 0.2) is 15.5 Å². The molecule has 20 heavy (non-hydrogen) atoms. The molecule has 1 N–H and O–H groups in total. The highest BCUT2D eigenvalue weighted by Gasteiger charge is 2.21. The van der Waals surface area contributed by atoms with Gasteiger partial charge in [0.05, 0.1) is 11.9 Å². The number of hydrogen-bond donors (Lipinski definition) is 1. The first-order valence-corrected chi connectivity index (χ1v) is 8.11. The van der Waals surface area contributed by atoms with Crippen molar-refractivity contribution in [1.82, 2.24) is 15.1 Å². The Morgan fingerprint density at radius 1 is 1.45 bits per heavy atom. The fraction of sp³-hybridized carbons (Fsp3) is 0.714. The Balaban J connectivity index is 2.11. The molecule has 1 aromatic heterocycles. The summed E-state index contributed by atoms with van der Waals surface area (Å²) in [5, 5.41) is 7.52. The van der Waals surface area contributed by atoms with Crippen LogP contribution in [-0.2, 0) is 6.54 Å². The van der Waals surface area contributed by atoms with Crippen LogP contribution in [0.3, 0.4) is 0 Å². The van der Waals surface area contributed by atoms with E-state index >= 15 is 0 Å². The third-order valence-corrected chi connectivity index (χ3v) is 4.60. The first-order valence-electron chi connectivity index (χ1n) is 7.32. The number of hydrogen-bond acceptors (Lipinski definition) is 4. The topological polar surface area (TPSA) is 50.2 Å². The van der Waals surface area contributed by atoms with Crippen LogP contribution in [0, 0.1) is 5.92 Å². The number of aromatic nitrogens is 2. The highest BCUT2D eigenvalue weighted by atomic mass is 79.9. The van der Waals surface area contributed by atoms with Crippen molar-refractivity contribution in [2.45, 2.75) is 32.7 Å². The van der Waals surface area contributed by atoms with Gasteiger partial charge in [-0.05, 0) is 54.7 Å². The van der Waals surface area contributed by atoms with E-state index in [2.05, 4.69) is 31.2 Å². The van der Waals surface area contributed by atoms with Crippen LogP contribution in [0.1, 0.15) is 26.2 Å². The van der Waals surface area contributed by atoms with Crippen LogP contribution in [0.25, 0.3) is 0 Å². The molecule has 6 heteroatoms. The SMILES string of the molecule is CCCn1ncc(N2CCC(CNC)CC2)c(Br)c1=O. The van der Waals surface area contributed by atoms with Gasteiger partial charge in [-0.25, -0.2) is 4.68 Å². The normalized spacial score (nSPS) is 16.6. The summed E-state index contributed by atoms with van der Waals surface area (Å²) < 4.78 is 2.18. The smallest absolute Gasteiger partial charge is 0.283 e. The minimum Gasteiger partial charge on any atom is -0.369 e. The molecule has 112 valence electrons. The van der Waals surface area contributed by atoms with Gasteiger partial charge in [0.1, 0.15) is 4.47 Å². The Kier molecular flexibility index (Phi) is 5.60. The largest absolute Gasteiger partial charge is 0.369 e. The number of rotatable bonds is 5. The van der Waals surface area contributed by atoms with Crippen molar-refractivity contribution in [3.63, 3.8) is 0 Å². The van der Waals surface area contributed by atoms with E-state index in [-0.39, 0.29) is 5.56 Å². The van der Waals surface area contributed by atoms with Crippen molar-refractivity contribution < 1.29 is 0 Å². The van der Waals surface area contributed by atoms with E-state index in [1.165, 1.54) is 4.68 Å². The maximum Gasteiger partial charge on any atom is 0.283 e. The molecule has 0 amide bonds. The number of nitrogens with one attached hydrogen (secondary N) is 1.